The fourth-order valence-corrected chi connectivity index (χ4v) is 2.80. The van der Waals surface area contributed by atoms with Gasteiger partial charge < -0.3 is 14.9 Å². The maximum absolute atomic E-state index is 12.0. The molecule has 0 aliphatic rings. The van der Waals surface area contributed by atoms with E-state index >= 15 is 0 Å². The summed E-state index contributed by atoms with van der Waals surface area (Å²) in [6, 6.07) is 0. The summed E-state index contributed by atoms with van der Waals surface area (Å²) < 4.78 is 5.07. The fraction of sp³-hybridized carbons (Fsp3) is 0.562. The predicted molar refractivity (Wildman–Crippen MR) is 93.1 cm³/mol. The Bertz CT molecular complexity index is 518. The summed E-state index contributed by atoms with van der Waals surface area (Å²) in [7, 11) is 0. The summed E-state index contributed by atoms with van der Waals surface area (Å²) in [5, 5.41) is 18.7. The first-order valence-corrected chi connectivity index (χ1v) is 8.80. The largest absolute Gasteiger partial charge is 0.504 e. The zero-order valence-corrected chi connectivity index (χ0v) is 15.3. The molecule has 0 aliphatic carbocycles. The highest BCUT2D eigenvalue weighted by atomic mass is 35.5. The van der Waals surface area contributed by atoms with E-state index in [2.05, 4.69) is 6.92 Å². The minimum atomic E-state index is -0.840. The second kappa shape index (κ2) is 10.1. The van der Waals surface area contributed by atoms with Crippen LogP contribution in [-0.2, 0) is 4.74 Å². The number of halogens is 3. The van der Waals surface area contributed by atoms with Gasteiger partial charge in [0.1, 0.15) is 10.6 Å². The van der Waals surface area contributed by atoms with Gasteiger partial charge in [-0.1, -0.05) is 80.3 Å². The van der Waals surface area contributed by atoms with Crippen molar-refractivity contribution < 1.29 is 19.7 Å². The summed E-state index contributed by atoms with van der Waals surface area (Å²) >= 11 is 17.4. The van der Waals surface area contributed by atoms with Crippen LogP contribution in [0, 0.1) is 0 Å². The quantitative estimate of drug-likeness (QED) is 0.239. The number of esters is 1. The zero-order valence-electron chi connectivity index (χ0n) is 13.0. The van der Waals surface area contributed by atoms with Crippen molar-refractivity contribution in [2.75, 3.05) is 6.61 Å². The lowest BCUT2D eigenvalue weighted by molar-refractivity contribution is 0.0494. The van der Waals surface area contributed by atoms with Gasteiger partial charge in [-0.25, -0.2) is 4.79 Å². The molecule has 23 heavy (non-hydrogen) atoms. The summed E-state index contributed by atoms with van der Waals surface area (Å²) in [6.07, 6.45) is 7.63. The number of hydrogen-bond donors (Lipinski definition) is 2. The number of hydrogen-bond acceptors (Lipinski definition) is 4. The van der Waals surface area contributed by atoms with Crippen molar-refractivity contribution in [2.24, 2.45) is 0 Å². The monoisotopic (exact) mass is 382 g/mol. The molecule has 0 aliphatic heterocycles. The van der Waals surface area contributed by atoms with Crippen LogP contribution in [0.15, 0.2) is 0 Å². The molecule has 0 atom stereocenters. The molecule has 0 aromatic heterocycles. The molecule has 2 N–H and O–H groups in total. The molecule has 1 rings (SSSR count). The van der Waals surface area contributed by atoms with Gasteiger partial charge in [-0.2, -0.15) is 0 Å². The Balaban J connectivity index is 2.50. The second-order valence-corrected chi connectivity index (χ2v) is 6.41. The highest BCUT2D eigenvalue weighted by Gasteiger charge is 2.26. The number of rotatable bonds is 9. The number of aromatic hydroxyl groups is 2. The van der Waals surface area contributed by atoms with Crippen LogP contribution in [0.25, 0.3) is 0 Å². The van der Waals surface area contributed by atoms with E-state index in [4.69, 9.17) is 39.5 Å². The summed E-state index contributed by atoms with van der Waals surface area (Å²) in [5.41, 5.74) is -0.374. The summed E-state index contributed by atoms with van der Waals surface area (Å²) in [4.78, 5) is 12.0. The van der Waals surface area contributed by atoms with Crippen LogP contribution in [-0.4, -0.2) is 22.8 Å². The average molecular weight is 384 g/mol. The molecule has 0 saturated heterocycles. The molecular weight excluding hydrogens is 363 g/mol. The molecule has 7 heteroatoms. The SMILES string of the molecule is CCCCCCCCCOC(=O)c1c(O)c(O)c(Cl)c(Cl)c1Cl. The maximum atomic E-state index is 12.0. The third-order valence-corrected chi connectivity index (χ3v) is 4.78. The van der Waals surface area contributed by atoms with Crippen LogP contribution >= 0.6 is 34.8 Å². The van der Waals surface area contributed by atoms with Crippen LogP contribution in [0.3, 0.4) is 0 Å². The molecule has 0 radical (unpaired) electrons. The molecule has 0 unspecified atom stereocenters. The summed E-state index contributed by atoms with van der Waals surface area (Å²) in [5.74, 6) is -2.26. The third-order valence-electron chi connectivity index (χ3n) is 3.46. The zero-order chi connectivity index (χ0) is 17.4. The Morgan fingerprint density at radius 1 is 0.870 bits per heavy atom. The molecule has 0 saturated carbocycles. The molecule has 1 aromatic rings. The first kappa shape index (κ1) is 20.2. The van der Waals surface area contributed by atoms with Crippen molar-refractivity contribution in [3.05, 3.63) is 20.6 Å². The molecule has 0 amide bonds. The number of phenols is 2. The highest BCUT2D eigenvalue weighted by molar-refractivity contribution is 6.50. The summed E-state index contributed by atoms with van der Waals surface area (Å²) in [6.45, 7) is 2.38. The number of carbonyl (C=O) groups is 1. The lowest BCUT2D eigenvalue weighted by Gasteiger charge is -2.12. The van der Waals surface area contributed by atoms with Crippen LogP contribution in [0.4, 0.5) is 0 Å². The normalized spacial score (nSPS) is 10.8. The van der Waals surface area contributed by atoms with E-state index in [9.17, 15) is 15.0 Å². The minimum absolute atomic E-state index is 0.202. The van der Waals surface area contributed by atoms with Crippen molar-refractivity contribution in [2.45, 2.75) is 51.9 Å². The van der Waals surface area contributed by atoms with Crippen molar-refractivity contribution in [1.82, 2.24) is 0 Å². The van der Waals surface area contributed by atoms with E-state index < -0.39 is 17.5 Å². The van der Waals surface area contributed by atoms with E-state index in [0.29, 0.717) is 0 Å². The van der Waals surface area contributed by atoms with Gasteiger partial charge in [0, 0.05) is 0 Å². The first-order chi connectivity index (χ1) is 10.9. The molecule has 1 aromatic carbocycles. The Morgan fingerprint density at radius 2 is 1.43 bits per heavy atom. The van der Waals surface area contributed by atoms with Gasteiger partial charge in [0.15, 0.2) is 11.5 Å². The van der Waals surface area contributed by atoms with Crippen LogP contribution in [0.2, 0.25) is 15.1 Å². The standard InChI is InChI=1S/C16H21Cl3O4/c1-2-3-4-5-6-7-8-9-23-16(22)10-11(17)12(18)13(19)15(21)14(10)20/h20-21H,2-9H2,1H3. The third kappa shape index (κ3) is 5.63. The number of unbranched alkanes of at least 4 members (excludes halogenated alkanes) is 6. The number of benzene rings is 1. The lowest BCUT2D eigenvalue weighted by atomic mass is 10.1. The number of ether oxygens (including phenoxy) is 1. The highest BCUT2D eigenvalue weighted by Crippen LogP contribution is 2.46. The Hall–Kier alpha value is -0.840. The van der Waals surface area contributed by atoms with Crippen LogP contribution < -0.4 is 0 Å². The van der Waals surface area contributed by atoms with Gasteiger partial charge in [-0.15, -0.1) is 0 Å². The van der Waals surface area contributed by atoms with Gasteiger partial charge >= 0.3 is 5.97 Å². The first-order valence-electron chi connectivity index (χ1n) is 7.67. The van der Waals surface area contributed by atoms with Crippen molar-refractivity contribution in [3.63, 3.8) is 0 Å². The van der Waals surface area contributed by atoms with Gasteiger partial charge in [-0.05, 0) is 6.42 Å². The Morgan fingerprint density at radius 3 is 2.04 bits per heavy atom. The van der Waals surface area contributed by atoms with E-state index in [1.54, 1.807) is 0 Å². The molecule has 0 heterocycles. The molecule has 0 spiro atoms. The lowest BCUT2D eigenvalue weighted by Crippen LogP contribution is -2.08. The van der Waals surface area contributed by atoms with Crippen molar-refractivity contribution >= 4 is 40.8 Å². The van der Waals surface area contributed by atoms with Gasteiger partial charge in [0.25, 0.3) is 0 Å². The molecule has 0 bridgehead atoms. The topological polar surface area (TPSA) is 66.8 Å². The number of carbonyl (C=O) groups excluding carboxylic acids is 1. The Labute approximate surface area is 151 Å². The van der Waals surface area contributed by atoms with E-state index in [1.807, 2.05) is 0 Å². The van der Waals surface area contributed by atoms with Crippen molar-refractivity contribution in [3.8, 4) is 11.5 Å². The molecule has 130 valence electrons. The van der Waals surface area contributed by atoms with Gasteiger partial charge in [0.05, 0.1) is 16.7 Å². The average Bonchev–Trinajstić information content (AvgIpc) is 2.53. The fourth-order valence-electron chi connectivity index (χ4n) is 2.12. The predicted octanol–water partition coefficient (Wildman–Crippen LogP) is 5.97. The van der Waals surface area contributed by atoms with E-state index in [0.717, 1.165) is 19.3 Å². The van der Waals surface area contributed by atoms with Gasteiger partial charge in [-0.3, -0.25) is 0 Å². The molecule has 4 nitrogen and oxygen atoms in total. The Kier molecular flexibility index (Phi) is 8.88. The molecule has 0 fully saturated rings. The smallest absolute Gasteiger partial charge is 0.343 e. The van der Waals surface area contributed by atoms with Gasteiger partial charge in [0.2, 0.25) is 0 Å². The van der Waals surface area contributed by atoms with Crippen LogP contribution in [0.1, 0.15) is 62.2 Å². The van der Waals surface area contributed by atoms with E-state index in [1.165, 1.54) is 25.7 Å². The van der Waals surface area contributed by atoms with Crippen LogP contribution in [0.5, 0.6) is 11.5 Å². The minimum Gasteiger partial charge on any atom is -0.504 e. The maximum Gasteiger partial charge on any atom is 0.343 e. The van der Waals surface area contributed by atoms with E-state index in [-0.39, 0.29) is 27.2 Å². The van der Waals surface area contributed by atoms with Crippen molar-refractivity contribution in [1.29, 1.82) is 0 Å². The molecular formula is C16H21Cl3O4. The number of phenolic OH excluding ortho intramolecular Hbond substituents is 2. The second-order valence-electron chi connectivity index (χ2n) is 5.27.